The minimum Gasteiger partial charge on any atom is -0.379 e. The SMILES string of the molecule is CNC1(C(N)=O)CCCC1CCSC1COC1. The third-order valence-electron chi connectivity index (χ3n) is 4.13. The maximum absolute atomic E-state index is 11.7. The first-order chi connectivity index (χ1) is 8.19. The fraction of sp³-hybridized carbons (Fsp3) is 0.917. The molecule has 1 aliphatic heterocycles. The molecule has 0 aromatic heterocycles. The monoisotopic (exact) mass is 258 g/mol. The van der Waals surface area contributed by atoms with Crippen LogP contribution in [-0.4, -0.2) is 42.7 Å². The van der Waals surface area contributed by atoms with E-state index in [-0.39, 0.29) is 5.91 Å². The average molecular weight is 258 g/mol. The standard InChI is InChI=1S/C12H22N2O2S/c1-14-12(11(13)15)5-2-3-9(12)4-6-17-10-7-16-8-10/h9-10,14H,2-8H2,1H3,(H2,13,15). The lowest BCUT2D eigenvalue weighted by Gasteiger charge is -2.33. The van der Waals surface area contributed by atoms with Crippen LogP contribution >= 0.6 is 11.8 Å². The van der Waals surface area contributed by atoms with Crippen molar-refractivity contribution < 1.29 is 9.53 Å². The molecular formula is C12H22N2O2S. The third kappa shape index (κ3) is 2.61. The van der Waals surface area contributed by atoms with Crippen LogP contribution in [-0.2, 0) is 9.53 Å². The van der Waals surface area contributed by atoms with Crippen molar-refractivity contribution in [3.63, 3.8) is 0 Å². The summed E-state index contributed by atoms with van der Waals surface area (Å²) >= 11 is 1.97. The minimum atomic E-state index is -0.448. The lowest BCUT2D eigenvalue weighted by Crippen LogP contribution is -2.56. The molecule has 3 N–H and O–H groups in total. The molecule has 2 rings (SSSR count). The lowest BCUT2D eigenvalue weighted by atomic mass is 9.84. The Hall–Kier alpha value is -0.260. The highest BCUT2D eigenvalue weighted by Gasteiger charge is 2.46. The van der Waals surface area contributed by atoms with Gasteiger partial charge in [-0.2, -0.15) is 11.8 Å². The zero-order valence-corrected chi connectivity index (χ0v) is 11.2. The van der Waals surface area contributed by atoms with Crippen LogP contribution in [0.2, 0.25) is 0 Å². The number of carbonyl (C=O) groups is 1. The van der Waals surface area contributed by atoms with Crippen LogP contribution in [0.25, 0.3) is 0 Å². The van der Waals surface area contributed by atoms with Gasteiger partial charge in [0.25, 0.3) is 0 Å². The van der Waals surface area contributed by atoms with Gasteiger partial charge in [-0.05, 0) is 38.0 Å². The maximum atomic E-state index is 11.7. The van der Waals surface area contributed by atoms with E-state index in [1.165, 1.54) is 0 Å². The summed E-state index contributed by atoms with van der Waals surface area (Å²) < 4.78 is 5.15. The number of hydrogen-bond donors (Lipinski definition) is 2. The van der Waals surface area contributed by atoms with Gasteiger partial charge in [0.1, 0.15) is 5.54 Å². The molecule has 5 heteroatoms. The number of nitrogens with two attached hydrogens (primary N) is 1. The molecule has 0 aromatic rings. The van der Waals surface area contributed by atoms with E-state index in [4.69, 9.17) is 10.5 Å². The van der Waals surface area contributed by atoms with E-state index in [0.717, 1.165) is 44.6 Å². The van der Waals surface area contributed by atoms with E-state index in [1.54, 1.807) is 0 Å². The molecule has 4 nitrogen and oxygen atoms in total. The molecule has 1 aliphatic carbocycles. The molecule has 1 saturated heterocycles. The molecule has 2 unspecified atom stereocenters. The van der Waals surface area contributed by atoms with Crippen molar-refractivity contribution in [3.05, 3.63) is 0 Å². The smallest absolute Gasteiger partial charge is 0.238 e. The molecule has 0 spiro atoms. The number of rotatable bonds is 6. The summed E-state index contributed by atoms with van der Waals surface area (Å²) in [6, 6.07) is 0. The van der Waals surface area contributed by atoms with E-state index in [2.05, 4.69) is 5.32 Å². The first-order valence-corrected chi connectivity index (χ1v) is 7.42. The second kappa shape index (κ2) is 5.59. The van der Waals surface area contributed by atoms with Gasteiger partial charge in [0.15, 0.2) is 0 Å². The molecule has 0 bridgehead atoms. The average Bonchev–Trinajstić information content (AvgIpc) is 2.66. The van der Waals surface area contributed by atoms with Gasteiger partial charge in [0, 0.05) is 0 Å². The van der Waals surface area contributed by atoms with Crippen molar-refractivity contribution in [2.45, 2.75) is 36.5 Å². The molecule has 2 atom stereocenters. The highest BCUT2D eigenvalue weighted by Crippen LogP contribution is 2.38. The van der Waals surface area contributed by atoms with Crippen molar-refractivity contribution in [1.82, 2.24) is 5.32 Å². The zero-order chi connectivity index (χ0) is 12.3. The number of likely N-dealkylation sites (N-methyl/N-ethyl adjacent to an activating group) is 1. The van der Waals surface area contributed by atoms with Crippen molar-refractivity contribution >= 4 is 17.7 Å². The number of primary amides is 1. The van der Waals surface area contributed by atoms with E-state index in [1.807, 2.05) is 18.8 Å². The summed E-state index contributed by atoms with van der Waals surface area (Å²) in [5.74, 6) is 1.33. The summed E-state index contributed by atoms with van der Waals surface area (Å²) in [7, 11) is 1.86. The van der Waals surface area contributed by atoms with Gasteiger partial charge in [0.05, 0.1) is 18.5 Å². The fourth-order valence-electron chi connectivity index (χ4n) is 2.93. The van der Waals surface area contributed by atoms with Gasteiger partial charge in [-0.1, -0.05) is 6.42 Å². The molecule has 98 valence electrons. The molecular weight excluding hydrogens is 236 g/mol. The number of amides is 1. The summed E-state index contributed by atoms with van der Waals surface area (Å²) in [5, 5.41) is 3.86. The summed E-state index contributed by atoms with van der Waals surface area (Å²) in [5.41, 5.74) is 5.13. The number of nitrogens with one attached hydrogen (secondary N) is 1. The summed E-state index contributed by atoms with van der Waals surface area (Å²) in [4.78, 5) is 11.7. The van der Waals surface area contributed by atoms with E-state index >= 15 is 0 Å². The van der Waals surface area contributed by atoms with Gasteiger partial charge in [0.2, 0.25) is 5.91 Å². The summed E-state index contributed by atoms with van der Waals surface area (Å²) in [6.07, 6.45) is 4.18. The summed E-state index contributed by atoms with van der Waals surface area (Å²) in [6.45, 7) is 1.78. The topological polar surface area (TPSA) is 64.3 Å². The molecule has 1 heterocycles. The van der Waals surface area contributed by atoms with Crippen LogP contribution in [0, 0.1) is 5.92 Å². The van der Waals surface area contributed by atoms with Gasteiger partial charge in [-0.25, -0.2) is 0 Å². The van der Waals surface area contributed by atoms with Crippen LogP contribution in [0.3, 0.4) is 0 Å². The van der Waals surface area contributed by atoms with Gasteiger partial charge in [-0.3, -0.25) is 4.79 Å². The van der Waals surface area contributed by atoms with Crippen molar-refractivity contribution in [2.75, 3.05) is 26.0 Å². The van der Waals surface area contributed by atoms with Crippen LogP contribution in [0.1, 0.15) is 25.7 Å². The lowest BCUT2D eigenvalue weighted by molar-refractivity contribution is -0.125. The molecule has 1 saturated carbocycles. The predicted molar refractivity (Wildman–Crippen MR) is 70.0 cm³/mol. The second-order valence-corrected chi connectivity index (χ2v) is 6.40. The Morgan fingerprint density at radius 1 is 1.59 bits per heavy atom. The number of carbonyl (C=O) groups excluding carboxylic acids is 1. The van der Waals surface area contributed by atoms with Crippen molar-refractivity contribution in [2.24, 2.45) is 11.7 Å². The highest BCUT2D eigenvalue weighted by atomic mass is 32.2. The second-order valence-electron chi connectivity index (χ2n) is 4.99. The van der Waals surface area contributed by atoms with Gasteiger partial charge in [-0.15, -0.1) is 0 Å². The van der Waals surface area contributed by atoms with E-state index in [9.17, 15) is 4.79 Å². The van der Waals surface area contributed by atoms with Gasteiger partial charge >= 0.3 is 0 Å². The molecule has 0 radical (unpaired) electrons. The number of ether oxygens (including phenoxy) is 1. The van der Waals surface area contributed by atoms with Crippen molar-refractivity contribution in [3.8, 4) is 0 Å². The van der Waals surface area contributed by atoms with E-state index < -0.39 is 5.54 Å². The minimum absolute atomic E-state index is 0.181. The van der Waals surface area contributed by atoms with Gasteiger partial charge < -0.3 is 15.8 Å². The number of hydrogen-bond acceptors (Lipinski definition) is 4. The molecule has 0 aromatic carbocycles. The first kappa shape index (κ1) is 13.2. The Bertz CT molecular complexity index is 284. The Kier molecular flexibility index (Phi) is 4.33. The maximum Gasteiger partial charge on any atom is 0.238 e. The van der Waals surface area contributed by atoms with Crippen LogP contribution < -0.4 is 11.1 Å². The molecule has 17 heavy (non-hydrogen) atoms. The quantitative estimate of drug-likeness (QED) is 0.738. The molecule has 2 aliphatic rings. The predicted octanol–water partition coefficient (Wildman–Crippen LogP) is 0.752. The largest absolute Gasteiger partial charge is 0.379 e. The van der Waals surface area contributed by atoms with Crippen LogP contribution in [0.4, 0.5) is 0 Å². The fourth-order valence-corrected chi connectivity index (χ4v) is 4.07. The first-order valence-electron chi connectivity index (χ1n) is 6.37. The van der Waals surface area contributed by atoms with Crippen LogP contribution in [0.5, 0.6) is 0 Å². The molecule has 2 fully saturated rings. The Morgan fingerprint density at radius 3 is 2.88 bits per heavy atom. The Morgan fingerprint density at radius 2 is 2.35 bits per heavy atom. The molecule has 1 amide bonds. The Labute approximate surface area is 107 Å². The van der Waals surface area contributed by atoms with Crippen LogP contribution in [0.15, 0.2) is 0 Å². The number of thioether (sulfide) groups is 1. The Balaban J connectivity index is 1.83. The normalized spacial score (nSPS) is 33.6. The zero-order valence-electron chi connectivity index (χ0n) is 10.4. The van der Waals surface area contributed by atoms with E-state index in [0.29, 0.717) is 11.2 Å². The highest BCUT2D eigenvalue weighted by molar-refractivity contribution is 8.00. The third-order valence-corrected chi connectivity index (χ3v) is 5.35. The van der Waals surface area contributed by atoms with Crippen molar-refractivity contribution in [1.29, 1.82) is 0 Å².